The number of ether oxygens (including phenoxy) is 1. The lowest BCUT2D eigenvalue weighted by Crippen LogP contribution is -2.10. The van der Waals surface area contributed by atoms with Crippen LogP contribution in [0.3, 0.4) is 0 Å². The lowest BCUT2D eigenvalue weighted by Gasteiger charge is -2.06. The summed E-state index contributed by atoms with van der Waals surface area (Å²) in [5, 5.41) is 0.369. The van der Waals surface area contributed by atoms with Crippen molar-refractivity contribution in [1.29, 1.82) is 0 Å². The SMILES string of the molecule is NC(=O)c1cc(Cl)cc(Oc2cncnc2)c1. The Labute approximate surface area is 102 Å². The van der Waals surface area contributed by atoms with E-state index in [0.717, 1.165) is 0 Å². The van der Waals surface area contributed by atoms with Gasteiger partial charge in [0.25, 0.3) is 0 Å². The molecule has 2 aromatic rings. The Balaban J connectivity index is 2.30. The summed E-state index contributed by atoms with van der Waals surface area (Å²) in [6, 6.07) is 4.54. The molecule has 0 unspecified atom stereocenters. The van der Waals surface area contributed by atoms with Gasteiger partial charge in [-0.3, -0.25) is 4.79 Å². The summed E-state index contributed by atoms with van der Waals surface area (Å²) in [5.74, 6) is 0.285. The summed E-state index contributed by atoms with van der Waals surface area (Å²) in [5.41, 5.74) is 5.45. The average Bonchev–Trinajstić information content (AvgIpc) is 2.29. The fraction of sp³-hybridized carbons (Fsp3) is 0. The van der Waals surface area contributed by atoms with Crippen molar-refractivity contribution in [3.8, 4) is 11.5 Å². The first-order valence-corrected chi connectivity index (χ1v) is 5.06. The van der Waals surface area contributed by atoms with Gasteiger partial charge in [-0.25, -0.2) is 9.97 Å². The van der Waals surface area contributed by atoms with Crippen molar-refractivity contribution in [2.75, 3.05) is 0 Å². The highest BCUT2D eigenvalue weighted by molar-refractivity contribution is 6.31. The monoisotopic (exact) mass is 249 g/mol. The van der Waals surface area contributed by atoms with E-state index in [1.807, 2.05) is 0 Å². The average molecular weight is 250 g/mol. The van der Waals surface area contributed by atoms with Crippen molar-refractivity contribution < 1.29 is 9.53 Å². The number of carbonyl (C=O) groups is 1. The molecule has 0 aliphatic rings. The molecule has 0 saturated carbocycles. The van der Waals surface area contributed by atoms with Gasteiger partial charge in [0.15, 0.2) is 5.75 Å². The third kappa shape index (κ3) is 2.92. The van der Waals surface area contributed by atoms with E-state index in [4.69, 9.17) is 22.1 Å². The number of halogens is 1. The molecule has 0 fully saturated rings. The summed E-state index contributed by atoms with van der Waals surface area (Å²) in [7, 11) is 0. The van der Waals surface area contributed by atoms with Gasteiger partial charge in [-0.15, -0.1) is 0 Å². The van der Waals surface area contributed by atoms with Gasteiger partial charge in [-0.2, -0.15) is 0 Å². The number of primary amides is 1. The maximum absolute atomic E-state index is 11.0. The first-order valence-electron chi connectivity index (χ1n) is 4.68. The van der Waals surface area contributed by atoms with Gasteiger partial charge in [-0.1, -0.05) is 11.6 Å². The van der Waals surface area contributed by atoms with E-state index in [2.05, 4.69) is 9.97 Å². The topological polar surface area (TPSA) is 78.1 Å². The van der Waals surface area contributed by atoms with Gasteiger partial charge in [0.2, 0.25) is 5.91 Å². The Morgan fingerprint density at radius 1 is 1.18 bits per heavy atom. The van der Waals surface area contributed by atoms with Gasteiger partial charge in [0.05, 0.1) is 12.4 Å². The first-order chi connectivity index (χ1) is 8.15. The number of aromatic nitrogens is 2. The molecule has 0 aliphatic carbocycles. The number of hydrogen-bond donors (Lipinski definition) is 1. The van der Waals surface area contributed by atoms with Gasteiger partial charge in [0.1, 0.15) is 12.1 Å². The zero-order chi connectivity index (χ0) is 12.3. The van der Waals surface area contributed by atoms with Crippen LogP contribution in [0.1, 0.15) is 10.4 Å². The number of benzene rings is 1. The summed E-state index contributed by atoms with van der Waals surface area (Å²) in [6.07, 6.45) is 4.38. The molecule has 6 heteroatoms. The van der Waals surface area contributed by atoms with Crippen molar-refractivity contribution in [3.05, 3.63) is 47.5 Å². The number of nitrogens with zero attached hydrogens (tertiary/aromatic N) is 2. The molecule has 2 rings (SSSR count). The molecule has 5 nitrogen and oxygen atoms in total. The fourth-order valence-corrected chi connectivity index (χ4v) is 1.46. The van der Waals surface area contributed by atoms with Gasteiger partial charge >= 0.3 is 0 Å². The standard InChI is InChI=1S/C11H8ClN3O2/c12-8-1-7(11(13)16)2-9(3-8)17-10-4-14-6-15-5-10/h1-6H,(H2,13,16). The lowest BCUT2D eigenvalue weighted by atomic mass is 10.2. The van der Waals surface area contributed by atoms with Crippen LogP contribution in [0, 0.1) is 0 Å². The van der Waals surface area contributed by atoms with Crippen LogP contribution < -0.4 is 10.5 Å². The Morgan fingerprint density at radius 2 is 1.88 bits per heavy atom. The molecular weight excluding hydrogens is 242 g/mol. The molecule has 17 heavy (non-hydrogen) atoms. The highest BCUT2D eigenvalue weighted by atomic mass is 35.5. The second kappa shape index (κ2) is 4.80. The Morgan fingerprint density at radius 3 is 2.53 bits per heavy atom. The van der Waals surface area contributed by atoms with Gasteiger partial charge in [-0.05, 0) is 18.2 Å². The molecule has 1 heterocycles. The smallest absolute Gasteiger partial charge is 0.248 e. The van der Waals surface area contributed by atoms with Gasteiger partial charge in [0, 0.05) is 10.6 Å². The molecule has 2 N–H and O–H groups in total. The zero-order valence-electron chi connectivity index (χ0n) is 8.63. The molecule has 1 aromatic heterocycles. The van der Waals surface area contributed by atoms with Crippen LogP contribution in [-0.2, 0) is 0 Å². The predicted octanol–water partition coefficient (Wildman–Crippen LogP) is 2.02. The minimum absolute atomic E-state index is 0.282. The number of hydrogen-bond acceptors (Lipinski definition) is 4. The summed E-state index contributed by atoms with van der Waals surface area (Å²) in [4.78, 5) is 18.6. The number of amides is 1. The van der Waals surface area contributed by atoms with Crippen molar-refractivity contribution in [3.63, 3.8) is 0 Å². The number of nitrogens with two attached hydrogens (primary N) is 1. The van der Waals surface area contributed by atoms with Crippen LogP contribution in [-0.4, -0.2) is 15.9 Å². The summed E-state index contributed by atoms with van der Waals surface area (Å²) in [6.45, 7) is 0. The van der Waals surface area contributed by atoms with Crippen LogP contribution in [0.4, 0.5) is 0 Å². The molecular formula is C11H8ClN3O2. The first kappa shape index (κ1) is 11.3. The Bertz CT molecular complexity index is 546. The van der Waals surface area contributed by atoms with E-state index in [-0.39, 0.29) is 5.56 Å². The van der Waals surface area contributed by atoms with Crippen LogP contribution >= 0.6 is 11.6 Å². The van der Waals surface area contributed by atoms with E-state index in [1.165, 1.54) is 30.9 Å². The minimum Gasteiger partial charge on any atom is -0.454 e. The van der Waals surface area contributed by atoms with E-state index < -0.39 is 5.91 Å². The third-order valence-corrected chi connectivity index (χ3v) is 2.15. The Kier molecular flexibility index (Phi) is 3.20. The highest BCUT2D eigenvalue weighted by Crippen LogP contribution is 2.25. The molecule has 86 valence electrons. The molecule has 1 aromatic carbocycles. The molecule has 0 atom stereocenters. The molecule has 0 radical (unpaired) electrons. The maximum Gasteiger partial charge on any atom is 0.248 e. The molecule has 0 saturated heterocycles. The summed E-state index contributed by atoms with van der Waals surface area (Å²) < 4.78 is 5.43. The molecule has 0 bridgehead atoms. The van der Waals surface area contributed by atoms with Crippen LogP contribution in [0.25, 0.3) is 0 Å². The Hall–Kier alpha value is -2.14. The second-order valence-electron chi connectivity index (χ2n) is 3.22. The predicted molar refractivity (Wildman–Crippen MR) is 62.1 cm³/mol. The van der Waals surface area contributed by atoms with Crippen LogP contribution in [0.2, 0.25) is 5.02 Å². The van der Waals surface area contributed by atoms with Crippen LogP contribution in [0.15, 0.2) is 36.9 Å². The van der Waals surface area contributed by atoms with Crippen molar-refractivity contribution in [2.45, 2.75) is 0 Å². The fourth-order valence-electron chi connectivity index (χ4n) is 1.24. The zero-order valence-corrected chi connectivity index (χ0v) is 9.39. The van der Waals surface area contributed by atoms with Crippen LogP contribution in [0.5, 0.6) is 11.5 Å². The van der Waals surface area contributed by atoms with E-state index in [0.29, 0.717) is 16.5 Å². The van der Waals surface area contributed by atoms with Gasteiger partial charge < -0.3 is 10.5 Å². The van der Waals surface area contributed by atoms with E-state index in [1.54, 1.807) is 6.07 Å². The van der Waals surface area contributed by atoms with E-state index >= 15 is 0 Å². The summed E-state index contributed by atoms with van der Waals surface area (Å²) >= 11 is 5.84. The highest BCUT2D eigenvalue weighted by Gasteiger charge is 2.06. The quantitative estimate of drug-likeness (QED) is 0.903. The molecule has 0 spiro atoms. The second-order valence-corrected chi connectivity index (χ2v) is 3.65. The maximum atomic E-state index is 11.0. The largest absolute Gasteiger partial charge is 0.454 e. The number of carbonyl (C=O) groups excluding carboxylic acids is 1. The molecule has 1 amide bonds. The van der Waals surface area contributed by atoms with E-state index in [9.17, 15) is 4.79 Å². The molecule has 0 aliphatic heterocycles. The number of rotatable bonds is 3. The van der Waals surface area contributed by atoms with Crippen molar-refractivity contribution in [2.24, 2.45) is 5.73 Å². The normalized spacial score (nSPS) is 9.94. The van der Waals surface area contributed by atoms with Crippen molar-refractivity contribution >= 4 is 17.5 Å². The third-order valence-electron chi connectivity index (χ3n) is 1.93. The minimum atomic E-state index is -0.568. The lowest BCUT2D eigenvalue weighted by molar-refractivity contribution is 0.1000. The van der Waals surface area contributed by atoms with Crippen molar-refractivity contribution in [1.82, 2.24) is 9.97 Å².